The number of imidazole rings is 1. The minimum absolute atomic E-state index is 0.0445. The first-order chi connectivity index (χ1) is 11.1. The molecular weight excluding hydrogens is 314 g/mol. The van der Waals surface area contributed by atoms with E-state index in [1.165, 1.54) is 7.11 Å². The van der Waals surface area contributed by atoms with Crippen molar-refractivity contribution < 1.29 is 9.53 Å². The zero-order valence-corrected chi connectivity index (χ0v) is 13.9. The molecule has 1 amide bonds. The van der Waals surface area contributed by atoms with Crippen LogP contribution < -0.4 is 0 Å². The van der Waals surface area contributed by atoms with E-state index in [4.69, 9.17) is 16.3 Å². The van der Waals surface area contributed by atoms with Gasteiger partial charge in [0.15, 0.2) is 0 Å². The van der Waals surface area contributed by atoms with Crippen molar-refractivity contribution >= 4 is 17.5 Å². The number of amides is 1. The number of hydrogen-bond acceptors (Lipinski definition) is 3. The lowest BCUT2D eigenvalue weighted by molar-refractivity contribution is -0.135. The lowest BCUT2D eigenvalue weighted by Crippen LogP contribution is -2.34. The average Bonchev–Trinajstić information content (AvgIpc) is 2.94. The van der Waals surface area contributed by atoms with Crippen molar-refractivity contribution in [1.82, 2.24) is 14.5 Å². The van der Waals surface area contributed by atoms with Gasteiger partial charge < -0.3 is 14.2 Å². The summed E-state index contributed by atoms with van der Waals surface area (Å²) in [5, 5.41) is 0.702. The van der Waals surface area contributed by atoms with Crippen LogP contribution in [0.15, 0.2) is 49.3 Å². The molecule has 0 fully saturated rings. The molecule has 0 bridgehead atoms. The minimum atomic E-state index is -0.0929. The summed E-state index contributed by atoms with van der Waals surface area (Å²) in [5.41, 5.74) is 1.08. The fraction of sp³-hybridized carbons (Fsp3) is 0.294. The molecule has 0 aliphatic carbocycles. The Labute approximate surface area is 141 Å². The van der Waals surface area contributed by atoms with Crippen LogP contribution in [0, 0.1) is 0 Å². The van der Waals surface area contributed by atoms with Crippen molar-refractivity contribution in [2.24, 2.45) is 0 Å². The van der Waals surface area contributed by atoms with Crippen molar-refractivity contribution in [3.05, 3.63) is 65.7 Å². The van der Waals surface area contributed by atoms with Crippen LogP contribution in [0.4, 0.5) is 0 Å². The predicted octanol–water partition coefficient (Wildman–Crippen LogP) is 2.75. The first-order valence-corrected chi connectivity index (χ1v) is 7.64. The van der Waals surface area contributed by atoms with E-state index in [1.54, 1.807) is 17.2 Å². The number of benzene rings is 1. The van der Waals surface area contributed by atoms with Crippen molar-refractivity contribution in [1.29, 1.82) is 0 Å². The summed E-state index contributed by atoms with van der Waals surface area (Å²) in [7, 11) is 1.50. The molecule has 2 rings (SSSR count). The van der Waals surface area contributed by atoms with Gasteiger partial charge in [-0.25, -0.2) is 4.98 Å². The minimum Gasteiger partial charge on any atom is -0.375 e. The number of aromatic nitrogens is 2. The molecule has 1 aromatic carbocycles. The van der Waals surface area contributed by atoms with Gasteiger partial charge in [0, 0.05) is 37.6 Å². The van der Waals surface area contributed by atoms with Gasteiger partial charge in [-0.1, -0.05) is 29.8 Å². The van der Waals surface area contributed by atoms with Gasteiger partial charge in [-0.05, 0) is 17.7 Å². The Balaban J connectivity index is 2.12. The molecule has 2 aromatic rings. The number of carbonyl (C=O) groups excluding carboxylic acids is 1. The maximum atomic E-state index is 12.1. The highest BCUT2D eigenvalue weighted by molar-refractivity contribution is 6.30. The molecule has 0 spiro atoms. The average molecular weight is 334 g/mol. The van der Waals surface area contributed by atoms with E-state index in [9.17, 15) is 4.79 Å². The number of ether oxygens (including phenoxy) is 1. The summed E-state index contributed by atoms with van der Waals surface area (Å²) in [4.78, 5) is 18.1. The van der Waals surface area contributed by atoms with Crippen LogP contribution in [0.3, 0.4) is 0 Å². The Kier molecular flexibility index (Phi) is 6.38. The third-order valence-corrected chi connectivity index (χ3v) is 3.58. The Morgan fingerprint density at radius 1 is 1.52 bits per heavy atom. The van der Waals surface area contributed by atoms with E-state index in [1.807, 2.05) is 35.0 Å². The van der Waals surface area contributed by atoms with Gasteiger partial charge in [-0.15, -0.1) is 6.58 Å². The molecule has 23 heavy (non-hydrogen) atoms. The van der Waals surface area contributed by atoms with E-state index in [-0.39, 0.29) is 12.5 Å². The zero-order valence-electron chi connectivity index (χ0n) is 13.1. The van der Waals surface area contributed by atoms with Gasteiger partial charge in [0.05, 0.1) is 6.54 Å². The zero-order chi connectivity index (χ0) is 16.7. The number of carbonyl (C=O) groups is 1. The quantitative estimate of drug-likeness (QED) is 0.698. The summed E-state index contributed by atoms with van der Waals surface area (Å²) < 4.78 is 6.92. The Hall–Kier alpha value is -2.11. The normalized spacial score (nSPS) is 10.5. The van der Waals surface area contributed by atoms with Crippen molar-refractivity contribution in [3.63, 3.8) is 0 Å². The van der Waals surface area contributed by atoms with Crippen LogP contribution in [0.5, 0.6) is 0 Å². The molecule has 0 radical (unpaired) electrons. The second-order valence-corrected chi connectivity index (χ2v) is 5.53. The van der Waals surface area contributed by atoms with Crippen LogP contribution >= 0.6 is 11.6 Å². The van der Waals surface area contributed by atoms with E-state index < -0.39 is 0 Å². The fourth-order valence-electron chi connectivity index (χ4n) is 2.26. The molecule has 0 N–H and O–H groups in total. The number of halogens is 1. The second kappa shape index (κ2) is 8.50. The Morgan fingerprint density at radius 2 is 2.35 bits per heavy atom. The maximum Gasteiger partial charge on any atom is 0.249 e. The SMILES string of the molecule is C=CCN(Cc1nccn1Cc1cccc(Cl)c1)C(=O)COC. The molecule has 5 nitrogen and oxygen atoms in total. The third-order valence-electron chi connectivity index (χ3n) is 3.35. The summed E-state index contributed by atoms with van der Waals surface area (Å²) in [5.74, 6) is 0.709. The first-order valence-electron chi connectivity index (χ1n) is 7.26. The van der Waals surface area contributed by atoms with Crippen LogP contribution in [0.2, 0.25) is 5.02 Å². The number of rotatable bonds is 8. The number of hydrogen-bond donors (Lipinski definition) is 0. The molecular formula is C17H20ClN3O2. The van der Waals surface area contributed by atoms with Crippen LogP contribution in [-0.4, -0.2) is 40.6 Å². The van der Waals surface area contributed by atoms with Gasteiger partial charge in [0.1, 0.15) is 12.4 Å². The largest absolute Gasteiger partial charge is 0.375 e. The molecule has 0 saturated heterocycles. The second-order valence-electron chi connectivity index (χ2n) is 5.10. The highest BCUT2D eigenvalue weighted by Gasteiger charge is 2.15. The Bertz CT molecular complexity index is 669. The number of nitrogens with zero attached hydrogens (tertiary/aromatic N) is 3. The van der Waals surface area contributed by atoms with Gasteiger partial charge >= 0.3 is 0 Å². The molecule has 6 heteroatoms. The lowest BCUT2D eigenvalue weighted by Gasteiger charge is -2.21. The first kappa shape index (κ1) is 17.2. The lowest BCUT2D eigenvalue weighted by atomic mass is 10.2. The number of methoxy groups -OCH3 is 1. The van der Waals surface area contributed by atoms with Crippen LogP contribution in [0.25, 0.3) is 0 Å². The molecule has 0 atom stereocenters. The summed E-state index contributed by atoms with van der Waals surface area (Å²) in [6, 6.07) is 7.69. The van der Waals surface area contributed by atoms with Crippen LogP contribution in [0.1, 0.15) is 11.4 Å². The fourth-order valence-corrected chi connectivity index (χ4v) is 2.48. The molecule has 0 aliphatic heterocycles. The highest BCUT2D eigenvalue weighted by Crippen LogP contribution is 2.13. The van der Waals surface area contributed by atoms with Gasteiger partial charge in [0.2, 0.25) is 5.91 Å². The molecule has 0 unspecified atom stereocenters. The molecule has 1 aromatic heterocycles. The summed E-state index contributed by atoms with van der Waals surface area (Å²) in [6.45, 7) is 5.24. The van der Waals surface area contributed by atoms with Gasteiger partial charge in [0.25, 0.3) is 0 Å². The van der Waals surface area contributed by atoms with Crippen molar-refractivity contribution in [2.75, 3.05) is 20.3 Å². The summed E-state index contributed by atoms with van der Waals surface area (Å²) >= 11 is 6.02. The molecule has 0 saturated carbocycles. The highest BCUT2D eigenvalue weighted by atomic mass is 35.5. The smallest absolute Gasteiger partial charge is 0.249 e. The van der Waals surface area contributed by atoms with Crippen molar-refractivity contribution in [2.45, 2.75) is 13.1 Å². The van der Waals surface area contributed by atoms with E-state index in [2.05, 4.69) is 11.6 Å². The van der Waals surface area contributed by atoms with E-state index in [0.29, 0.717) is 24.7 Å². The molecule has 122 valence electrons. The standard InChI is InChI=1S/C17H20ClN3O2/c1-3-8-21(17(22)13-23-2)12-16-19-7-9-20(16)11-14-5-4-6-15(18)10-14/h3-7,9-10H,1,8,11-13H2,2H3. The van der Waals surface area contributed by atoms with E-state index in [0.717, 1.165) is 11.4 Å². The third kappa shape index (κ3) is 4.94. The Morgan fingerprint density at radius 3 is 3.04 bits per heavy atom. The maximum absolute atomic E-state index is 12.1. The van der Waals surface area contributed by atoms with Crippen molar-refractivity contribution in [3.8, 4) is 0 Å². The summed E-state index contributed by atoms with van der Waals surface area (Å²) in [6.07, 6.45) is 5.31. The molecule has 0 aliphatic rings. The monoisotopic (exact) mass is 333 g/mol. The predicted molar refractivity (Wildman–Crippen MR) is 90.3 cm³/mol. The van der Waals surface area contributed by atoms with E-state index >= 15 is 0 Å². The molecule has 1 heterocycles. The van der Waals surface area contributed by atoms with Gasteiger partial charge in [-0.3, -0.25) is 4.79 Å². The van der Waals surface area contributed by atoms with Gasteiger partial charge in [-0.2, -0.15) is 0 Å². The van der Waals surface area contributed by atoms with Crippen LogP contribution in [-0.2, 0) is 22.6 Å². The topological polar surface area (TPSA) is 47.4 Å².